The van der Waals surface area contributed by atoms with E-state index in [1.54, 1.807) is 11.4 Å². The molecule has 1 aliphatic rings. The van der Waals surface area contributed by atoms with Gasteiger partial charge in [-0.2, -0.15) is 4.31 Å². The number of hydrogen-bond acceptors (Lipinski definition) is 5. The van der Waals surface area contributed by atoms with Crippen LogP contribution in [-0.2, 0) is 16.6 Å². The van der Waals surface area contributed by atoms with E-state index >= 15 is 0 Å². The monoisotopic (exact) mass is 290 g/mol. The van der Waals surface area contributed by atoms with E-state index in [2.05, 4.69) is 4.90 Å². The molecule has 1 aromatic heterocycles. The molecule has 0 radical (unpaired) electrons. The van der Waals surface area contributed by atoms with E-state index in [1.807, 2.05) is 14.0 Å². The van der Waals surface area contributed by atoms with Crippen LogP contribution < -0.4 is 0 Å². The third-order valence-corrected chi connectivity index (χ3v) is 6.26. The van der Waals surface area contributed by atoms with Gasteiger partial charge < -0.3 is 10.0 Å². The smallest absolute Gasteiger partial charge is 0.244 e. The molecular weight excluding hydrogens is 272 g/mol. The van der Waals surface area contributed by atoms with Gasteiger partial charge in [-0.1, -0.05) is 0 Å². The summed E-state index contributed by atoms with van der Waals surface area (Å²) in [5.74, 6) is 0. The predicted molar refractivity (Wildman–Crippen MR) is 71.1 cm³/mol. The molecule has 1 saturated heterocycles. The number of likely N-dealkylation sites (N-methyl/N-ethyl adjacent to an activating group) is 1. The van der Waals surface area contributed by atoms with Crippen LogP contribution in [-0.4, -0.2) is 55.5 Å². The molecule has 5 nitrogen and oxygen atoms in total. The highest BCUT2D eigenvalue weighted by atomic mass is 32.2. The number of piperazine rings is 1. The summed E-state index contributed by atoms with van der Waals surface area (Å²) in [5, 5.41) is 10.6. The number of hydrogen-bond donors (Lipinski definition) is 1. The second kappa shape index (κ2) is 5.26. The molecule has 2 heterocycles. The SMILES string of the molecule is CC1CN(S(=O)(=O)c2csc(CO)c2)CCN1C. The molecule has 1 fully saturated rings. The second-order valence-corrected chi connectivity index (χ2v) is 7.53. The van der Waals surface area contributed by atoms with Gasteiger partial charge in [0.1, 0.15) is 0 Å². The Balaban J connectivity index is 2.21. The predicted octanol–water partition coefficient (Wildman–Crippen LogP) is 0.565. The van der Waals surface area contributed by atoms with E-state index < -0.39 is 10.0 Å². The summed E-state index contributed by atoms with van der Waals surface area (Å²) in [6, 6.07) is 1.78. The third kappa shape index (κ3) is 2.60. The van der Waals surface area contributed by atoms with Gasteiger partial charge in [0.15, 0.2) is 0 Å². The van der Waals surface area contributed by atoms with Crippen LogP contribution in [0.5, 0.6) is 0 Å². The number of sulfonamides is 1. The van der Waals surface area contributed by atoms with Crippen LogP contribution in [0.25, 0.3) is 0 Å². The van der Waals surface area contributed by atoms with Gasteiger partial charge in [0.25, 0.3) is 0 Å². The summed E-state index contributed by atoms with van der Waals surface area (Å²) in [4.78, 5) is 3.13. The lowest BCUT2D eigenvalue weighted by Crippen LogP contribution is -2.51. The maximum absolute atomic E-state index is 12.4. The van der Waals surface area contributed by atoms with Crippen molar-refractivity contribution in [2.75, 3.05) is 26.7 Å². The van der Waals surface area contributed by atoms with E-state index in [9.17, 15) is 8.42 Å². The van der Waals surface area contributed by atoms with E-state index in [0.29, 0.717) is 22.9 Å². The van der Waals surface area contributed by atoms with E-state index in [-0.39, 0.29) is 12.6 Å². The number of nitrogens with zero attached hydrogens (tertiary/aromatic N) is 2. The molecule has 1 aliphatic heterocycles. The van der Waals surface area contributed by atoms with Crippen molar-refractivity contribution in [3.8, 4) is 0 Å². The van der Waals surface area contributed by atoms with Crippen LogP contribution >= 0.6 is 11.3 Å². The maximum Gasteiger partial charge on any atom is 0.244 e. The Kier molecular flexibility index (Phi) is 4.08. The Hall–Kier alpha value is -0.470. The van der Waals surface area contributed by atoms with Crippen molar-refractivity contribution in [3.05, 3.63) is 16.3 Å². The molecule has 7 heteroatoms. The molecule has 0 amide bonds. The molecule has 1 unspecified atom stereocenters. The van der Waals surface area contributed by atoms with Gasteiger partial charge in [-0.15, -0.1) is 11.3 Å². The topological polar surface area (TPSA) is 60.9 Å². The second-order valence-electron chi connectivity index (χ2n) is 4.60. The molecule has 0 spiro atoms. The Morgan fingerprint density at radius 3 is 2.78 bits per heavy atom. The van der Waals surface area contributed by atoms with Crippen LogP contribution in [0, 0.1) is 0 Å². The van der Waals surface area contributed by atoms with Crippen LogP contribution in [0.1, 0.15) is 11.8 Å². The Labute approximate surface area is 112 Å². The highest BCUT2D eigenvalue weighted by molar-refractivity contribution is 7.89. The summed E-state index contributed by atoms with van der Waals surface area (Å²) < 4.78 is 26.3. The summed E-state index contributed by atoms with van der Waals surface area (Å²) >= 11 is 1.28. The van der Waals surface area contributed by atoms with Crippen molar-refractivity contribution in [2.45, 2.75) is 24.5 Å². The summed E-state index contributed by atoms with van der Waals surface area (Å²) in [5.41, 5.74) is 0. The van der Waals surface area contributed by atoms with Crippen LogP contribution in [0.2, 0.25) is 0 Å². The van der Waals surface area contributed by atoms with Gasteiger partial charge in [-0.05, 0) is 20.0 Å². The van der Waals surface area contributed by atoms with Gasteiger partial charge in [0, 0.05) is 35.9 Å². The van der Waals surface area contributed by atoms with Gasteiger partial charge >= 0.3 is 0 Å². The minimum absolute atomic E-state index is 0.112. The minimum Gasteiger partial charge on any atom is -0.391 e. The van der Waals surface area contributed by atoms with Gasteiger partial charge in [0.05, 0.1) is 11.5 Å². The molecule has 18 heavy (non-hydrogen) atoms. The molecule has 102 valence electrons. The quantitative estimate of drug-likeness (QED) is 0.884. The standard InChI is InChI=1S/C11H18N2O3S2/c1-9-6-13(4-3-12(9)2)18(15,16)11-5-10(7-14)17-8-11/h5,8-9,14H,3-4,6-7H2,1-2H3. The molecule has 1 atom stereocenters. The number of aliphatic hydroxyl groups excluding tert-OH is 1. The Bertz CT molecular complexity index is 512. The van der Waals surface area contributed by atoms with Gasteiger partial charge in [-0.25, -0.2) is 8.42 Å². The van der Waals surface area contributed by atoms with Crippen molar-refractivity contribution in [1.29, 1.82) is 0 Å². The minimum atomic E-state index is -3.40. The Morgan fingerprint density at radius 2 is 2.22 bits per heavy atom. The molecule has 1 N–H and O–H groups in total. The third-order valence-electron chi connectivity index (χ3n) is 3.35. The van der Waals surface area contributed by atoms with Gasteiger partial charge in [-0.3, -0.25) is 0 Å². The molecule has 0 bridgehead atoms. The average molecular weight is 290 g/mol. The zero-order valence-electron chi connectivity index (χ0n) is 10.5. The zero-order chi connectivity index (χ0) is 13.3. The molecule has 0 aliphatic carbocycles. The molecule has 1 aromatic rings. The summed E-state index contributed by atoms with van der Waals surface area (Å²) in [6.07, 6.45) is 0. The first-order chi connectivity index (χ1) is 8.45. The fraction of sp³-hybridized carbons (Fsp3) is 0.636. The number of aliphatic hydroxyl groups is 1. The number of thiophene rings is 1. The van der Waals surface area contributed by atoms with Crippen molar-refractivity contribution >= 4 is 21.4 Å². The van der Waals surface area contributed by atoms with Crippen molar-refractivity contribution in [1.82, 2.24) is 9.21 Å². The van der Waals surface area contributed by atoms with Crippen molar-refractivity contribution in [3.63, 3.8) is 0 Å². The average Bonchev–Trinajstić information content (AvgIpc) is 2.81. The largest absolute Gasteiger partial charge is 0.391 e. The van der Waals surface area contributed by atoms with E-state index in [4.69, 9.17) is 5.11 Å². The van der Waals surface area contributed by atoms with Crippen molar-refractivity contribution in [2.24, 2.45) is 0 Å². The van der Waals surface area contributed by atoms with E-state index in [1.165, 1.54) is 15.6 Å². The highest BCUT2D eigenvalue weighted by Crippen LogP contribution is 2.24. The maximum atomic E-state index is 12.4. The summed E-state index contributed by atoms with van der Waals surface area (Å²) in [7, 11) is -1.40. The fourth-order valence-electron chi connectivity index (χ4n) is 1.96. The summed E-state index contributed by atoms with van der Waals surface area (Å²) in [6.45, 7) is 3.70. The Morgan fingerprint density at radius 1 is 1.50 bits per heavy atom. The molecule has 2 rings (SSSR count). The fourth-order valence-corrected chi connectivity index (χ4v) is 4.59. The lowest BCUT2D eigenvalue weighted by atomic mass is 10.2. The molecule has 0 saturated carbocycles. The van der Waals surface area contributed by atoms with Crippen molar-refractivity contribution < 1.29 is 13.5 Å². The number of rotatable bonds is 3. The first-order valence-electron chi connectivity index (χ1n) is 5.84. The zero-order valence-corrected chi connectivity index (χ0v) is 12.2. The normalized spacial score (nSPS) is 23.4. The van der Waals surface area contributed by atoms with Crippen LogP contribution in [0.15, 0.2) is 16.3 Å². The lowest BCUT2D eigenvalue weighted by molar-refractivity contribution is 0.159. The van der Waals surface area contributed by atoms with Gasteiger partial charge in [0.2, 0.25) is 10.0 Å². The first-order valence-corrected chi connectivity index (χ1v) is 8.16. The first kappa shape index (κ1) is 14.0. The highest BCUT2D eigenvalue weighted by Gasteiger charge is 2.31. The molecule has 0 aromatic carbocycles. The van der Waals surface area contributed by atoms with Crippen LogP contribution in [0.3, 0.4) is 0 Å². The lowest BCUT2D eigenvalue weighted by Gasteiger charge is -2.36. The molecular formula is C11H18N2O3S2. The van der Waals surface area contributed by atoms with Crippen LogP contribution in [0.4, 0.5) is 0 Å². The van der Waals surface area contributed by atoms with E-state index in [0.717, 1.165) is 6.54 Å².